The van der Waals surface area contributed by atoms with Crippen molar-refractivity contribution in [3.05, 3.63) is 71.7 Å². The maximum absolute atomic E-state index is 13.0. The van der Waals surface area contributed by atoms with E-state index in [9.17, 15) is 4.79 Å². The highest BCUT2D eigenvalue weighted by atomic mass is 35.5. The van der Waals surface area contributed by atoms with Crippen molar-refractivity contribution in [2.45, 2.75) is 31.7 Å². The Kier molecular flexibility index (Phi) is 5.51. The Morgan fingerprint density at radius 3 is 2.59 bits per heavy atom. The molecule has 142 valence electrons. The summed E-state index contributed by atoms with van der Waals surface area (Å²) in [5.41, 5.74) is 6.05. The van der Waals surface area contributed by atoms with Gasteiger partial charge in [0.15, 0.2) is 6.29 Å². The number of nitrogens with one attached hydrogen (secondary N) is 1. The molecular weight excluding hydrogens is 366 g/mol. The first-order chi connectivity index (χ1) is 12.6. The van der Waals surface area contributed by atoms with Gasteiger partial charge in [0.25, 0.3) is 0 Å². The van der Waals surface area contributed by atoms with Crippen molar-refractivity contribution in [1.29, 1.82) is 0 Å². The lowest BCUT2D eigenvalue weighted by molar-refractivity contribution is -0.204. The van der Waals surface area contributed by atoms with Crippen LogP contribution in [0.2, 0.25) is 0 Å². The largest absolute Gasteiger partial charge is 0.356 e. The number of hydrogen-bond acceptors (Lipinski definition) is 5. The fourth-order valence-corrected chi connectivity index (χ4v) is 3.46. The number of ether oxygens (including phenoxy) is 2. The van der Waals surface area contributed by atoms with E-state index in [0.717, 1.165) is 22.5 Å². The van der Waals surface area contributed by atoms with Crippen LogP contribution < -0.4 is 10.4 Å². The molecule has 2 aliphatic rings. The first-order valence-electron chi connectivity index (χ1n) is 8.60. The van der Waals surface area contributed by atoms with E-state index in [4.69, 9.17) is 9.47 Å². The number of aromatic nitrogens is 1. The van der Waals surface area contributed by atoms with E-state index in [1.54, 1.807) is 24.5 Å². The molecule has 6 nitrogen and oxygen atoms in total. The van der Waals surface area contributed by atoms with E-state index in [-0.39, 0.29) is 24.7 Å². The zero-order valence-electron chi connectivity index (χ0n) is 15.2. The molecule has 0 aliphatic carbocycles. The van der Waals surface area contributed by atoms with Crippen LogP contribution in [0, 0.1) is 6.92 Å². The third kappa shape index (κ3) is 3.43. The second-order valence-corrected chi connectivity index (χ2v) is 6.55. The minimum atomic E-state index is -0.889. The maximum atomic E-state index is 13.0. The highest BCUT2D eigenvalue weighted by Gasteiger charge is 2.49. The summed E-state index contributed by atoms with van der Waals surface area (Å²) in [4.78, 5) is 17.1. The summed E-state index contributed by atoms with van der Waals surface area (Å²) in [6, 6.07) is 11.6. The highest BCUT2D eigenvalue weighted by molar-refractivity contribution is 5.95. The van der Waals surface area contributed by atoms with E-state index in [1.807, 2.05) is 49.4 Å². The maximum Gasteiger partial charge on any atom is 0.249 e. The van der Waals surface area contributed by atoms with Gasteiger partial charge in [-0.05, 0) is 36.8 Å². The lowest BCUT2D eigenvalue weighted by Gasteiger charge is -2.47. The number of anilines is 1. The molecule has 1 saturated heterocycles. The quantitative estimate of drug-likeness (QED) is 0.876. The van der Waals surface area contributed by atoms with Crippen LogP contribution >= 0.6 is 12.4 Å². The molecule has 2 aliphatic heterocycles. The van der Waals surface area contributed by atoms with Crippen LogP contribution in [-0.4, -0.2) is 24.3 Å². The lowest BCUT2D eigenvalue weighted by Crippen LogP contribution is -2.58. The van der Waals surface area contributed by atoms with Gasteiger partial charge in [0.2, 0.25) is 5.91 Å². The predicted molar refractivity (Wildman–Crippen MR) is 104 cm³/mol. The monoisotopic (exact) mass is 387 g/mol. The average molecular weight is 388 g/mol. The van der Waals surface area contributed by atoms with Gasteiger partial charge in [-0.2, -0.15) is 0 Å². The standard InChI is InChI=1S/C20H21N3O3.ClH/c1-14-3-5-16(6-4-14)23-18(24)13-20(15-9-11-21-12-10-15)17(22-23)7-8-19(25-2)26-20;/h3-7,9-12,19,22H,8,13H2,1-2H3;1H/t19-,20+;/m0./s1. The van der Waals surface area contributed by atoms with E-state index >= 15 is 0 Å². The number of carbonyl (C=O) groups is 1. The molecule has 1 amide bonds. The van der Waals surface area contributed by atoms with E-state index < -0.39 is 11.9 Å². The van der Waals surface area contributed by atoms with Crippen molar-refractivity contribution in [3.8, 4) is 0 Å². The smallest absolute Gasteiger partial charge is 0.249 e. The summed E-state index contributed by atoms with van der Waals surface area (Å²) < 4.78 is 11.7. The van der Waals surface area contributed by atoms with E-state index in [1.165, 1.54) is 0 Å². The summed E-state index contributed by atoms with van der Waals surface area (Å²) in [5, 5.41) is 1.58. The third-order valence-electron chi connectivity index (χ3n) is 4.87. The number of halogens is 1. The Labute approximate surface area is 164 Å². The average Bonchev–Trinajstić information content (AvgIpc) is 2.68. The van der Waals surface area contributed by atoms with Crippen molar-refractivity contribution in [3.63, 3.8) is 0 Å². The van der Waals surface area contributed by atoms with Gasteiger partial charge in [0, 0.05) is 25.9 Å². The zero-order chi connectivity index (χ0) is 18.1. The topological polar surface area (TPSA) is 63.7 Å². The molecule has 1 aromatic carbocycles. The summed E-state index contributed by atoms with van der Waals surface area (Å²) in [6.45, 7) is 2.02. The Bertz CT molecular complexity index is 841. The first kappa shape index (κ1) is 19.4. The van der Waals surface area contributed by atoms with Crippen molar-refractivity contribution >= 4 is 24.0 Å². The molecule has 1 N–H and O–H groups in total. The van der Waals surface area contributed by atoms with Crippen molar-refractivity contribution < 1.29 is 14.3 Å². The van der Waals surface area contributed by atoms with E-state index in [0.29, 0.717) is 6.42 Å². The number of carbonyl (C=O) groups excluding carboxylic acids is 1. The summed E-state index contributed by atoms with van der Waals surface area (Å²) in [7, 11) is 1.61. The molecular formula is C20H22ClN3O3. The molecule has 1 aromatic heterocycles. The number of pyridine rings is 1. The number of nitrogens with zero attached hydrogens (tertiary/aromatic N) is 2. The van der Waals surface area contributed by atoms with Crippen LogP contribution in [0.1, 0.15) is 24.0 Å². The number of hydrazine groups is 1. The molecule has 0 unspecified atom stereocenters. The second-order valence-electron chi connectivity index (χ2n) is 6.55. The van der Waals surface area contributed by atoms with Crippen LogP contribution in [0.4, 0.5) is 5.69 Å². The predicted octanol–water partition coefficient (Wildman–Crippen LogP) is 3.23. The summed E-state index contributed by atoms with van der Waals surface area (Å²) in [6.07, 6.45) is 5.86. The van der Waals surface area contributed by atoms with Gasteiger partial charge in [-0.15, -0.1) is 12.4 Å². The van der Waals surface area contributed by atoms with Crippen LogP contribution in [0.5, 0.6) is 0 Å². The van der Waals surface area contributed by atoms with Crippen LogP contribution in [0.25, 0.3) is 0 Å². The van der Waals surface area contributed by atoms with Gasteiger partial charge in [0.1, 0.15) is 5.60 Å². The second kappa shape index (κ2) is 7.68. The Morgan fingerprint density at radius 2 is 1.93 bits per heavy atom. The molecule has 1 fully saturated rings. The SMILES string of the molecule is CO[C@@H]1CC=C2NN(c3ccc(C)cc3)C(=O)C[C@]2(c2ccncc2)O1.Cl. The Morgan fingerprint density at radius 1 is 1.22 bits per heavy atom. The highest BCUT2D eigenvalue weighted by Crippen LogP contribution is 2.44. The van der Waals surface area contributed by atoms with Gasteiger partial charge < -0.3 is 9.47 Å². The number of hydrogen-bond donors (Lipinski definition) is 1. The zero-order valence-corrected chi connectivity index (χ0v) is 16.0. The van der Waals surface area contributed by atoms with E-state index in [2.05, 4.69) is 10.4 Å². The van der Waals surface area contributed by atoms with Gasteiger partial charge in [0.05, 0.1) is 17.8 Å². The summed E-state index contributed by atoms with van der Waals surface area (Å²) in [5.74, 6) is -0.0698. The number of fused-ring (bicyclic) bond motifs is 1. The van der Waals surface area contributed by atoms with Gasteiger partial charge in [-0.3, -0.25) is 15.2 Å². The molecule has 3 heterocycles. The van der Waals surface area contributed by atoms with Gasteiger partial charge in [-0.25, -0.2) is 5.01 Å². The molecule has 0 bridgehead atoms. The lowest BCUT2D eigenvalue weighted by atomic mass is 9.83. The Hall–Kier alpha value is -2.41. The molecule has 7 heteroatoms. The van der Waals surface area contributed by atoms with Crippen LogP contribution in [0.15, 0.2) is 60.6 Å². The third-order valence-corrected chi connectivity index (χ3v) is 4.87. The fourth-order valence-electron chi connectivity index (χ4n) is 3.46. The molecule has 0 radical (unpaired) electrons. The Balaban J connectivity index is 0.00000210. The molecule has 27 heavy (non-hydrogen) atoms. The van der Waals surface area contributed by atoms with Crippen molar-refractivity contribution in [1.82, 2.24) is 10.4 Å². The minimum Gasteiger partial charge on any atom is -0.356 e. The molecule has 4 rings (SSSR count). The molecule has 0 spiro atoms. The number of benzene rings is 1. The van der Waals surface area contributed by atoms with Crippen LogP contribution in [0.3, 0.4) is 0 Å². The first-order valence-corrected chi connectivity index (χ1v) is 8.60. The van der Waals surface area contributed by atoms with Crippen molar-refractivity contribution in [2.24, 2.45) is 0 Å². The van der Waals surface area contributed by atoms with Crippen molar-refractivity contribution in [2.75, 3.05) is 12.1 Å². The number of rotatable bonds is 3. The molecule has 2 atom stereocenters. The number of aryl methyl sites for hydroxylation is 1. The fraction of sp³-hybridized carbons (Fsp3) is 0.300. The van der Waals surface area contributed by atoms with Crippen LogP contribution in [-0.2, 0) is 19.9 Å². The molecule has 0 saturated carbocycles. The molecule has 2 aromatic rings. The summed E-state index contributed by atoms with van der Waals surface area (Å²) >= 11 is 0. The van der Waals surface area contributed by atoms with Gasteiger partial charge in [-0.1, -0.05) is 23.8 Å². The minimum absolute atomic E-state index is 0. The van der Waals surface area contributed by atoms with Gasteiger partial charge >= 0.3 is 0 Å². The normalized spacial score (nSPS) is 24.4. The number of methoxy groups -OCH3 is 1. The number of amides is 1.